The summed E-state index contributed by atoms with van der Waals surface area (Å²) in [5, 5.41) is 1.34. The van der Waals surface area contributed by atoms with E-state index in [-0.39, 0.29) is 0 Å². The van der Waals surface area contributed by atoms with Gasteiger partial charge in [0.15, 0.2) is 0 Å². The minimum absolute atomic E-state index is 1.18. The van der Waals surface area contributed by atoms with Gasteiger partial charge in [0, 0.05) is 11.2 Å². The van der Waals surface area contributed by atoms with E-state index < -0.39 is 0 Å². The predicted octanol–water partition coefficient (Wildman–Crippen LogP) is 3.43. The van der Waals surface area contributed by atoms with Crippen molar-refractivity contribution in [3.63, 3.8) is 0 Å². The molecule has 1 heteroatoms. The van der Waals surface area contributed by atoms with Crippen LogP contribution >= 0.6 is 0 Å². The third kappa shape index (κ3) is 1.59. The van der Waals surface area contributed by atoms with Gasteiger partial charge in [-0.3, -0.25) is 0 Å². The molecule has 0 aliphatic heterocycles. The minimum Gasteiger partial charge on any atom is -0.359 e. The average molecular weight is 173 g/mol. The molecule has 0 spiro atoms. The van der Waals surface area contributed by atoms with Gasteiger partial charge >= 0.3 is 0 Å². The van der Waals surface area contributed by atoms with Crippen molar-refractivity contribution in [3.8, 4) is 0 Å². The van der Waals surface area contributed by atoms with Crippen molar-refractivity contribution in [2.45, 2.75) is 26.7 Å². The third-order valence-electron chi connectivity index (χ3n) is 2.36. The van der Waals surface area contributed by atoms with Crippen molar-refractivity contribution in [2.24, 2.45) is 0 Å². The molecule has 0 bridgehead atoms. The largest absolute Gasteiger partial charge is 0.359 e. The van der Waals surface area contributed by atoms with E-state index in [9.17, 15) is 0 Å². The van der Waals surface area contributed by atoms with Crippen LogP contribution in [0.2, 0.25) is 0 Å². The highest BCUT2D eigenvalue weighted by atomic mass is 14.7. The van der Waals surface area contributed by atoms with Crippen LogP contribution in [0.4, 0.5) is 0 Å². The van der Waals surface area contributed by atoms with E-state index in [0.29, 0.717) is 0 Å². The number of nitrogens with one attached hydrogen (secondary N) is 1. The SMILES string of the molecule is CCCc1ccc2[nH]c(C)cc2c1. The second-order valence-electron chi connectivity index (χ2n) is 3.62. The Morgan fingerprint density at radius 1 is 1.23 bits per heavy atom. The number of aromatic amines is 1. The van der Waals surface area contributed by atoms with Crippen LogP contribution in [-0.4, -0.2) is 4.98 Å². The molecule has 1 N–H and O–H groups in total. The molecule has 0 saturated heterocycles. The normalized spacial score (nSPS) is 10.9. The monoisotopic (exact) mass is 173 g/mol. The highest BCUT2D eigenvalue weighted by Gasteiger charge is 1.98. The van der Waals surface area contributed by atoms with Crippen LogP contribution in [0.5, 0.6) is 0 Å². The smallest absolute Gasteiger partial charge is 0.0456 e. The Kier molecular flexibility index (Phi) is 2.09. The van der Waals surface area contributed by atoms with Crippen LogP contribution in [0.25, 0.3) is 10.9 Å². The fraction of sp³-hybridized carbons (Fsp3) is 0.333. The molecule has 0 fully saturated rings. The van der Waals surface area contributed by atoms with Crippen LogP contribution in [0.3, 0.4) is 0 Å². The zero-order chi connectivity index (χ0) is 9.26. The number of hydrogen-bond acceptors (Lipinski definition) is 0. The quantitative estimate of drug-likeness (QED) is 0.716. The summed E-state index contributed by atoms with van der Waals surface area (Å²) < 4.78 is 0. The van der Waals surface area contributed by atoms with Gasteiger partial charge in [-0.2, -0.15) is 0 Å². The van der Waals surface area contributed by atoms with E-state index in [0.717, 1.165) is 0 Å². The van der Waals surface area contributed by atoms with Crippen molar-refractivity contribution in [3.05, 3.63) is 35.5 Å². The summed E-state index contributed by atoms with van der Waals surface area (Å²) in [6.45, 7) is 4.31. The van der Waals surface area contributed by atoms with E-state index in [2.05, 4.69) is 43.1 Å². The summed E-state index contributed by atoms with van der Waals surface area (Å²) in [6.07, 6.45) is 2.40. The summed E-state index contributed by atoms with van der Waals surface area (Å²) in [5.41, 5.74) is 3.93. The zero-order valence-corrected chi connectivity index (χ0v) is 8.22. The van der Waals surface area contributed by atoms with E-state index in [1.807, 2.05) is 0 Å². The first-order valence-corrected chi connectivity index (χ1v) is 4.88. The molecule has 2 rings (SSSR count). The Morgan fingerprint density at radius 3 is 2.85 bits per heavy atom. The number of H-pyrrole nitrogens is 1. The third-order valence-corrected chi connectivity index (χ3v) is 2.36. The molecule has 1 heterocycles. The molecule has 0 atom stereocenters. The first kappa shape index (κ1) is 8.36. The number of aromatic nitrogens is 1. The van der Waals surface area contributed by atoms with Crippen LogP contribution in [0, 0.1) is 6.92 Å². The molecular formula is C12H15N. The highest BCUT2D eigenvalue weighted by molar-refractivity contribution is 5.81. The van der Waals surface area contributed by atoms with Gasteiger partial charge in [-0.1, -0.05) is 19.4 Å². The Morgan fingerprint density at radius 2 is 2.08 bits per heavy atom. The Bertz CT molecular complexity index is 412. The molecule has 68 valence electrons. The molecule has 0 saturated carbocycles. The Labute approximate surface area is 78.8 Å². The van der Waals surface area contributed by atoms with E-state index in [4.69, 9.17) is 0 Å². The fourth-order valence-corrected chi connectivity index (χ4v) is 1.77. The maximum Gasteiger partial charge on any atom is 0.0456 e. The van der Waals surface area contributed by atoms with Crippen LogP contribution in [-0.2, 0) is 6.42 Å². The number of fused-ring (bicyclic) bond motifs is 1. The van der Waals surface area contributed by atoms with Gasteiger partial charge in [0.2, 0.25) is 0 Å². The van der Waals surface area contributed by atoms with Crippen LogP contribution < -0.4 is 0 Å². The number of hydrogen-bond donors (Lipinski definition) is 1. The highest BCUT2D eigenvalue weighted by Crippen LogP contribution is 2.17. The van der Waals surface area contributed by atoms with E-state index in [1.54, 1.807) is 0 Å². The summed E-state index contributed by atoms with van der Waals surface area (Å²) in [6, 6.07) is 8.87. The molecule has 2 aromatic rings. The molecule has 0 amide bonds. The number of benzene rings is 1. The van der Waals surface area contributed by atoms with Gasteiger partial charge in [0.1, 0.15) is 0 Å². The minimum atomic E-state index is 1.18. The predicted molar refractivity (Wildman–Crippen MR) is 57.0 cm³/mol. The van der Waals surface area contributed by atoms with Crippen molar-refractivity contribution < 1.29 is 0 Å². The average Bonchev–Trinajstić information content (AvgIpc) is 2.44. The summed E-state index contributed by atoms with van der Waals surface area (Å²) in [4.78, 5) is 3.33. The van der Waals surface area contributed by atoms with Crippen molar-refractivity contribution in [2.75, 3.05) is 0 Å². The Hall–Kier alpha value is -1.24. The summed E-state index contributed by atoms with van der Waals surface area (Å²) in [5.74, 6) is 0. The molecule has 13 heavy (non-hydrogen) atoms. The number of aryl methyl sites for hydroxylation is 2. The second kappa shape index (κ2) is 3.25. The zero-order valence-electron chi connectivity index (χ0n) is 8.22. The van der Waals surface area contributed by atoms with Gasteiger partial charge < -0.3 is 4.98 Å². The molecule has 1 aromatic heterocycles. The Balaban J connectivity index is 2.48. The van der Waals surface area contributed by atoms with Crippen molar-refractivity contribution in [1.29, 1.82) is 0 Å². The lowest BCUT2D eigenvalue weighted by Gasteiger charge is -1.97. The fourth-order valence-electron chi connectivity index (χ4n) is 1.77. The second-order valence-corrected chi connectivity index (χ2v) is 3.62. The van der Waals surface area contributed by atoms with Crippen molar-refractivity contribution in [1.82, 2.24) is 4.98 Å². The first-order chi connectivity index (χ1) is 6.29. The van der Waals surface area contributed by atoms with Gasteiger partial charge in [-0.25, -0.2) is 0 Å². The number of rotatable bonds is 2. The topological polar surface area (TPSA) is 15.8 Å². The lowest BCUT2D eigenvalue weighted by Crippen LogP contribution is -1.81. The van der Waals surface area contributed by atoms with Crippen LogP contribution in [0.15, 0.2) is 24.3 Å². The lowest BCUT2D eigenvalue weighted by molar-refractivity contribution is 0.924. The van der Waals surface area contributed by atoms with Crippen molar-refractivity contribution >= 4 is 10.9 Å². The molecule has 0 unspecified atom stereocenters. The molecule has 0 aliphatic rings. The van der Waals surface area contributed by atoms with Gasteiger partial charge in [-0.15, -0.1) is 0 Å². The molecule has 0 aliphatic carbocycles. The maximum atomic E-state index is 3.33. The van der Waals surface area contributed by atoms with Gasteiger partial charge in [-0.05, 0) is 42.5 Å². The van der Waals surface area contributed by atoms with E-state index >= 15 is 0 Å². The maximum absolute atomic E-state index is 3.33. The lowest BCUT2D eigenvalue weighted by atomic mass is 10.1. The molecule has 1 nitrogen and oxygen atoms in total. The van der Waals surface area contributed by atoms with Gasteiger partial charge in [0.05, 0.1) is 0 Å². The molecule has 1 aromatic carbocycles. The van der Waals surface area contributed by atoms with Gasteiger partial charge in [0.25, 0.3) is 0 Å². The first-order valence-electron chi connectivity index (χ1n) is 4.88. The molecular weight excluding hydrogens is 158 g/mol. The summed E-state index contributed by atoms with van der Waals surface area (Å²) in [7, 11) is 0. The standard InChI is InChI=1S/C12H15N/c1-3-4-10-5-6-12-11(8-10)7-9(2)13-12/h5-8,13H,3-4H2,1-2H3. The van der Waals surface area contributed by atoms with Crippen LogP contribution in [0.1, 0.15) is 24.6 Å². The molecule has 0 radical (unpaired) electrons. The summed E-state index contributed by atoms with van der Waals surface area (Å²) >= 11 is 0. The van der Waals surface area contributed by atoms with E-state index in [1.165, 1.54) is 35.0 Å².